The summed E-state index contributed by atoms with van der Waals surface area (Å²) >= 11 is 0. The molecule has 0 aliphatic rings. The Hall–Kier alpha value is -2.58. The van der Waals surface area contributed by atoms with E-state index in [0.717, 1.165) is 103 Å². The van der Waals surface area contributed by atoms with Crippen molar-refractivity contribution < 1.29 is 37.3 Å². The molecule has 350 valence electrons. The smallest absolute Gasteiger partial charge is 0.457 e. The van der Waals surface area contributed by atoms with Crippen molar-refractivity contribution in [3.63, 3.8) is 0 Å². The number of nitrogens with zero attached hydrogens (tertiary/aromatic N) is 1. The van der Waals surface area contributed by atoms with Gasteiger partial charge in [0.25, 0.3) is 0 Å². The van der Waals surface area contributed by atoms with Crippen LogP contribution in [0, 0.1) is 0 Å². The van der Waals surface area contributed by atoms with E-state index in [1.165, 1.54) is 44.9 Å². The van der Waals surface area contributed by atoms with E-state index in [-0.39, 0.29) is 25.8 Å². The molecule has 0 saturated carbocycles. The molecule has 8 nitrogen and oxygen atoms in total. The van der Waals surface area contributed by atoms with E-state index < -0.39 is 13.9 Å². The second-order valence-corrected chi connectivity index (χ2v) is 18.2. The van der Waals surface area contributed by atoms with E-state index in [9.17, 15) is 14.3 Å². The van der Waals surface area contributed by atoms with E-state index in [2.05, 4.69) is 111 Å². The standard InChI is InChI=1S/C52H90NO7P/c1-6-8-10-12-14-16-18-20-22-24-25-26-27-28-30-32-34-36-38-40-42-44-47-57-49-51(50-59-61(55,56)58-48-46-53(3,4)5)60-52(54)45-43-41-39-37-35-33-31-29-23-21-19-17-15-13-11-9-7-2/h8-11,14-17,20-23,25-26,28,30,51H,6-7,12-13,18-19,24,27,29,31-50H2,1-5H3/p+1/b10-8-,11-9-,16-14-,17-15-,22-20-,23-21-,26-25-,30-28-. The van der Waals surface area contributed by atoms with Gasteiger partial charge < -0.3 is 18.9 Å². The lowest BCUT2D eigenvalue weighted by molar-refractivity contribution is -0.870. The van der Waals surface area contributed by atoms with Gasteiger partial charge in [-0.15, -0.1) is 0 Å². The van der Waals surface area contributed by atoms with Crippen molar-refractivity contribution in [3.05, 3.63) is 97.2 Å². The van der Waals surface area contributed by atoms with E-state index in [1.54, 1.807) is 0 Å². The highest BCUT2D eigenvalue weighted by molar-refractivity contribution is 7.47. The Kier molecular flexibility index (Phi) is 42.2. The first kappa shape index (κ1) is 58.4. The van der Waals surface area contributed by atoms with Crippen LogP contribution in [0.25, 0.3) is 0 Å². The molecule has 0 heterocycles. The summed E-state index contributed by atoms with van der Waals surface area (Å²) in [5.74, 6) is -0.334. The zero-order valence-electron chi connectivity index (χ0n) is 39.6. The average Bonchev–Trinajstić information content (AvgIpc) is 3.22. The summed E-state index contributed by atoms with van der Waals surface area (Å²) in [5, 5.41) is 0. The second kappa shape index (κ2) is 44.0. The molecular weight excluding hydrogens is 782 g/mol. The number of allylic oxidation sites excluding steroid dienone is 16. The number of phosphoric acid groups is 1. The number of hydrogen-bond donors (Lipinski definition) is 1. The molecule has 0 spiro atoms. The molecule has 61 heavy (non-hydrogen) atoms. The Labute approximate surface area is 375 Å². The number of esters is 1. The van der Waals surface area contributed by atoms with Crippen LogP contribution in [0.1, 0.15) is 168 Å². The molecule has 2 atom stereocenters. The molecule has 0 saturated heterocycles. The third-order valence-corrected chi connectivity index (χ3v) is 10.6. The molecule has 1 N–H and O–H groups in total. The maximum Gasteiger partial charge on any atom is 0.472 e. The van der Waals surface area contributed by atoms with Crippen molar-refractivity contribution >= 4 is 13.8 Å². The number of carbonyl (C=O) groups is 1. The highest BCUT2D eigenvalue weighted by Crippen LogP contribution is 2.43. The molecule has 0 aromatic heterocycles. The molecule has 0 rings (SSSR count). The van der Waals surface area contributed by atoms with E-state index in [1.807, 2.05) is 21.1 Å². The van der Waals surface area contributed by atoms with Gasteiger partial charge in [-0.25, -0.2) is 4.57 Å². The van der Waals surface area contributed by atoms with Crippen LogP contribution in [0.4, 0.5) is 0 Å². The summed E-state index contributed by atoms with van der Waals surface area (Å²) in [5.41, 5.74) is 0. The predicted molar refractivity (Wildman–Crippen MR) is 261 cm³/mol. The maximum absolute atomic E-state index is 12.7. The van der Waals surface area contributed by atoms with Crippen LogP contribution in [-0.2, 0) is 27.9 Å². The van der Waals surface area contributed by atoms with E-state index in [0.29, 0.717) is 24.1 Å². The summed E-state index contributed by atoms with van der Waals surface area (Å²) in [7, 11) is 1.63. The third kappa shape index (κ3) is 48.3. The molecule has 2 unspecified atom stereocenters. The summed E-state index contributed by atoms with van der Waals surface area (Å²) in [6.45, 7) is 5.33. The van der Waals surface area contributed by atoms with E-state index >= 15 is 0 Å². The van der Waals surface area contributed by atoms with Crippen molar-refractivity contribution in [2.75, 3.05) is 54.1 Å². The Balaban J connectivity index is 4.25. The third-order valence-electron chi connectivity index (χ3n) is 9.64. The summed E-state index contributed by atoms with van der Waals surface area (Å²) < 4.78 is 35.1. The number of quaternary nitrogens is 1. The van der Waals surface area contributed by atoms with Gasteiger partial charge in [-0.3, -0.25) is 13.8 Å². The maximum atomic E-state index is 12.7. The van der Waals surface area contributed by atoms with Gasteiger partial charge in [-0.05, 0) is 89.9 Å². The van der Waals surface area contributed by atoms with E-state index in [4.69, 9.17) is 18.5 Å². The number of rotatable bonds is 43. The average molecular weight is 873 g/mol. The highest BCUT2D eigenvalue weighted by Gasteiger charge is 2.26. The quantitative estimate of drug-likeness (QED) is 0.0214. The van der Waals surface area contributed by atoms with Crippen LogP contribution < -0.4 is 0 Å². The van der Waals surface area contributed by atoms with Crippen molar-refractivity contribution in [1.29, 1.82) is 0 Å². The van der Waals surface area contributed by atoms with Gasteiger partial charge in [0, 0.05) is 13.0 Å². The zero-order chi connectivity index (χ0) is 44.8. The molecule has 0 aromatic rings. The molecule has 0 aliphatic heterocycles. The van der Waals surface area contributed by atoms with Gasteiger partial charge in [-0.2, -0.15) is 0 Å². The minimum Gasteiger partial charge on any atom is -0.457 e. The van der Waals surface area contributed by atoms with Crippen molar-refractivity contribution in [1.82, 2.24) is 0 Å². The lowest BCUT2D eigenvalue weighted by Gasteiger charge is -2.24. The van der Waals surface area contributed by atoms with Crippen molar-refractivity contribution in [3.8, 4) is 0 Å². The summed E-state index contributed by atoms with van der Waals surface area (Å²) in [4.78, 5) is 23.0. The summed E-state index contributed by atoms with van der Waals surface area (Å²) in [6.07, 6.45) is 60.2. The lowest BCUT2D eigenvalue weighted by atomic mass is 10.1. The number of hydrogen-bond acceptors (Lipinski definition) is 6. The lowest BCUT2D eigenvalue weighted by Crippen LogP contribution is -2.37. The second-order valence-electron chi connectivity index (χ2n) is 16.7. The van der Waals surface area contributed by atoms with Crippen LogP contribution in [0.15, 0.2) is 97.2 Å². The van der Waals surface area contributed by atoms with Gasteiger partial charge in [0.05, 0.1) is 34.4 Å². The van der Waals surface area contributed by atoms with Gasteiger partial charge in [-0.1, -0.05) is 169 Å². The number of phosphoric ester groups is 1. The van der Waals surface area contributed by atoms with Gasteiger partial charge >= 0.3 is 13.8 Å². The molecule has 9 heteroatoms. The number of ether oxygens (including phenoxy) is 2. The summed E-state index contributed by atoms with van der Waals surface area (Å²) in [6, 6.07) is 0. The van der Waals surface area contributed by atoms with Gasteiger partial charge in [0.2, 0.25) is 0 Å². The highest BCUT2D eigenvalue weighted by atomic mass is 31.2. The first-order chi connectivity index (χ1) is 29.6. The van der Waals surface area contributed by atoms with Crippen molar-refractivity contribution in [2.24, 2.45) is 0 Å². The fourth-order valence-electron chi connectivity index (χ4n) is 6.00. The minimum absolute atomic E-state index is 0.0775. The molecule has 0 aliphatic carbocycles. The molecule has 0 aromatic carbocycles. The normalized spacial score (nSPS) is 14.5. The number of unbranched alkanes of at least 4 members (excludes halogenated alkanes) is 13. The first-order valence-corrected chi connectivity index (χ1v) is 25.5. The van der Waals surface area contributed by atoms with Crippen LogP contribution in [-0.4, -0.2) is 75.6 Å². The Morgan fingerprint density at radius 1 is 0.508 bits per heavy atom. The SMILES string of the molecule is CC/C=C\C/C=C\C/C=C\C/C=C\C/C=C\CCCCCCCCOCC(COP(=O)(O)OCC[N+](C)(C)C)OC(=O)CCCCCCCCC/C=C\C/C=C\C/C=C\CC. The Morgan fingerprint density at radius 2 is 0.902 bits per heavy atom. The van der Waals surface area contributed by atoms with Crippen LogP contribution in [0.3, 0.4) is 0 Å². The molecule has 0 fully saturated rings. The van der Waals surface area contributed by atoms with Crippen LogP contribution >= 0.6 is 7.82 Å². The van der Waals surface area contributed by atoms with Crippen LogP contribution in [0.5, 0.6) is 0 Å². The Bertz CT molecular complexity index is 1290. The number of carbonyl (C=O) groups excluding carboxylic acids is 1. The predicted octanol–water partition coefficient (Wildman–Crippen LogP) is 14.6. The minimum atomic E-state index is -4.29. The largest absolute Gasteiger partial charge is 0.472 e. The topological polar surface area (TPSA) is 91.3 Å². The number of likely N-dealkylation sites (N-methyl/N-ethyl adjacent to an activating group) is 1. The van der Waals surface area contributed by atoms with Crippen LogP contribution in [0.2, 0.25) is 0 Å². The van der Waals surface area contributed by atoms with Crippen molar-refractivity contribution in [2.45, 2.75) is 174 Å². The molecule has 0 bridgehead atoms. The Morgan fingerprint density at radius 3 is 1.34 bits per heavy atom. The molecule has 0 amide bonds. The fourth-order valence-corrected chi connectivity index (χ4v) is 6.75. The zero-order valence-corrected chi connectivity index (χ0v) is 40.5. The molecule has 0 radical (unpaired) electrons. The fraction of sp³-hybridized carbons (Fsp3) is 0.673. The van der Waals surface area contributed by atoms with Gasteiger partial charge in [0.15, 0.2) is 0 Å². The van der Waals surface area contributed by atoms with Gasteiger partial charge in [0.1, 0.15) is 19.3 Å². The first-order valence-electron chi connectivity index (χ1n) is 24.0. The molecular formula is C52H91NO7P+. The monoisotopic (exact) mass is 873 g/mol.